The molecule has 1 aliphatic rings. The van der Waals surface area contributed by atoms with Gasteiger partial charge in [-0.2, -0.15) is 0 Å². The molecule has 1 aliphatic carbocycles. The maximum absolute atomic E-state index is 5.70. The molecule has 0 aliphatic heterocycles. The number of hydrogen-bond acceptors (Lipinski definition) is 4. The van der Waals surface area contributed by atoms with Crippen molar-refractivity contribution in [2.24, 2.45) is 17.7 Å². The zero-order valence-electron chi connectivity index (χ0n) is 10.5. The highest BCUT2D eigenvalue weighted by atomic mass is 16.5. The van der Waals surface area contributed by atoms with Gasteiger partial charge in [-0.25, -0.2) is 0 Å². The Hall–Kier alpha value is -1.13. The van der Waals surface area contributed by atoms with Crippen LogP contribution in [0.2, 0.25) is 0 Å². The van der Waals surface area contributed by atoms with Gasteiger partial charge in [-0.15, -0.1) is 0 Å². The van der Waals surface area contributed by atoms with E-state index in [0.29, 0.717) is 5.92 Å². The first-order valence-corrected chi connectivity index (χ1v) is 6.19. The molecule has 0 spiro atoms. The third-order valence-electron chi connectivity index (χ3n) is 3.72. The van der Waals surface area contributed by atoms with Crippen LogP contribution >= 0.6 is 0 Å². The van der Waals surface area contributed by atoms with Gasteiger partial charge in [0.1, 0.15) is 5.75 Å². The van der Waals surface area contributed by atoms with Gasteiger partial charge < -0.3 is 4.74 Å². The monoisotopic (exact) mass is 235 g/mol. The molecule has 3 N–H and O–H groups in total. The fraction of sp³-hybridized carbons (Fsp3) is 0.615. The Morgan fingerprint density at radius 2 is 2.29 bits per heavy atom. The molecule has 17 heavy (non-hydrogen) atoms. The first kappa shape index (κ1) is 12.3. The first-order valence-electron chi connectivity index (χ1n) is 6.19. The van der Waals surface area contributed by atoms with E-state index in [-0.39, 0.29) is 6.04 Å². The summed E-state index contributed by atoms with van der Waals surface area (Å²) in [5.41, 5.74) is 4.05. The maximum Gasteiger partial charge on any atom is 0.137 e. The third-order valence-corrected chi connectivity index (χ3v) is 3.72. The number of hydrogen-bond donors (Lipinski definition) is 2. The van der Waals surface area contributed by atoms with Gasteiger partial charge in [-0.3, -0.25) is 16.3 Å². The van der Waals surface area contributed by atoms with E-state index in [1.54, 1.807) is 13.3 Å². The summed E-state index contributed by atoms with van der Waals surface area (Å²) in [5, 5.41) is 0. The summed E-state index contributed by atoms with van der Waals surface area (Å²) in [4.78, 5) is 4.19. The number of nitrogens with two attached hydrogens (primary N) is 1. The van der Waals surface area contributed by atoms with E-state index >= 15 is 0 Å². The standard InChI is InChI=1S/C13H21N3O/c1-9-3-4-10(5-9)13(16-14)11-6-12(17-2)8-15-7-11/h6-10,13,16H,3-5,14H2,1-2H3. The van der Waals surface area contributed by atoms with Gasteiger partial charge in [-0.1, -0.05) is 13.3 Å². The molecule has 94 valence electrons. The van der Waals surface area contributed by atoms with E-state index in [1.165, 1.54) is 19.3 Å². The minimum absolute atomic E-state index is 0.183. The highest BCUT2D eigenvalue weighted by molar-refractivity contribution is 5.26. The number of rotatable bonds is 4. The molecule has 3 atom stereocenters. The fourth-order valence-corrected chi connectivity index (χ4v) is 2.78. The Morgan fingerprint density at radius 3 is 2.88 bits per heavy atom. The lowest BCUT2D eigenvalue weighted by molar-refractivity contribution is 0.360. The van der Waals surface area contributed by atoms with Crippen molar-refractivity contribution in [1.29, 1.82) is 0 Å². The predicted molar refractivity (Wildman–Crippen MR) is 67.4 cm³/mol. The zero-order chi connectivity index (χ0) is 12.3. The lowest BCUT2D eigenvalue weighted by Gasteiger charge is -2.23. The number of ether oxygens (including phenoxy) is 1. The molecule has 0 radical (unpaired) electrons. The normalized spacial score (nSPS) is 25.8. The summed E-state index contributed by atoms with van der Waals surface area (Å²) < 4.78 is 5.20. The molecule has 0 saturated heterocycles. The van der Waals surface area contributed by atoms with Crippen molar-refractivity contribution < 1.29 is 4.74 Å². The molecule has 1 fully saturated rings. The van der Waals surface area contributed by atoms with Crippen molar-refractivity contribution >= 4 is 0 Å². The second-order valence-corrected chi connectivity index (χ2v) is 4.98. The van der Waals surface area contributed by atoms with Crippen LogP contribution in [0.4, 0.5) is 0 Å². The zero-order valence-corrected chi connectivity index (χ0v) is 10.5. The lowest BCUT2D eigenvalue weighted by atomic mass is 9.92. The summed E-state index contributed by atoms with van der Waals surface area (Å²) in [5.74, 6) is 7.89. The molecule has 0 aromatic carbocycles. The van der Waals surface area contributed by atoms with Crippen LogP contribution in [-0.2, 0) is 0 Å². The van der Waals surface area contributed by atoms with Gasteiger partial charge in [0.05, 0.1) is 19.3 Å². The number of hydrazine groups is 1. The van der Waals surface area contributed by atoms with Crippen molar-refractivity contribution in [2.75, 3.05) is 7.11 Å². The van der Waals surface area contributed by atoms with Gasteiger partial charge in [0.25, 0.3) is 0 Å². The lowest BCUT2D eigenvalue weighted by Crippen LogP contribution is -2.32. The molecule has 1 aromatic rings. The van der Waals surface area contributed by atoms with E-state index in [1.807, 2.05) is 12.3 Å². The van der Waals surface area contributed by atoms with E-state index in [0.717, 1.165) is 17.2 Å². The molecule has 2 rings (SSSR count). The second kappa shape index (κ2) is 5.47. The average molecular weight is 235 g/mol. The first-order chi connectivity index (χ1) is 8.24. The second-order valence-electron chi connectivity index (χ2n) is 4.98. The number of pyridine rings is 1. The van der Waals surface area contributed by atoms with Crippen LogP contribution in [0.1, 0.15) is 37.8 Å². The van der Waals surface area contributed by atoms with Crippen LogP contribution in [-0.4, -0.2) is 12.1 Å². The van der Waals surface area contributed by atoms with Crippen molar-refractivity contribution in [3.05, 3.63) is 24.0 Å². The highest BCUT2D eigenvalue weighted by Gasteiger charge is 2.29. The molecule has 4 heteroatoms. The van der Waals surface area contributed by atoms with E-state index in [9.17, 15) is 0 Å². The van der Waals surface area contributed by atoms with Crippen LogP contribution in [0.5, 0.6) is 5.75 Å². The van der Waals surface area contributed by atoms with E-state index in [4.69, 9.17) is 10.6 Å². The Bertz CT molecular complexity index is 369. The average Bonchev–Trinajstić information content (AvgIpc) is 2.77. The van der Waals surface area contributed by atoms with Crippen LogP contribution in [0.3, 0.4) is 0 Å². The van der Waals surface area contributed by atoms with Gasteiger partial charge in [0.15, 0.2) is 0 Å². The predicted octanol–water partition coefficient (Wildman–Crippen LogP) is 2.03. The number of nitrogens with zero attached hydrogens (tertiary/aromatic N) is 1. The topological polar surface area (TPSA) is 60.2 Å². The maximum atomic E-state index is 5.70. The number of methoxy groups -OCH3 is 1. The van der Waals surface area contributed by atoms with E-state index < -0.39 is 0 Å². The Balaban J connectivity index is 2.16. The molecule has 0 amide bonds. The number of nitrogens with one attached hydrogen (secondary N) is 1. The van der Waals surface area contributed by atoms with Crippen LogP contribution < -0.4 is 16.0 Å². The number of aromatic nitrogens is 1. The summed E-state index contributed by atoms with van der Waals surface area (Å²) in [6.45, 7) is 2.30. The SMILES string of the molecule is COc1cncc(C(NN)C2CCC(C)C2)c1. The summed E-state index contributed by atoms with van der Waals surface area (Å²) in [6, 6.07) is 2.20. The van der Waals surface area contributed by atoms with Crippen molar-refractivity contribution in [2.45, 2.75) is 32.2 Å². The molecule has 1 aromatic heterocycles. The minimum Gasteiger partial charge on any atom is -0.495 e. The quantitative estimate of drug-likeness (QED) is 0.619. The highest BCUT2D eigenvalue weighted by Crippen LogP contribution is 2.38. The molecular weight excluding hydrogens is 214 g/mol. The third kappa shape index (κ3) is 2.76. The van der Waals surface area contributed by atoms with Crippen LogP contribution in [0.25, 0.3) is 0 Å². The van der Waals surface area contributed by atoms with Gasteiger partial charge in [-0.05, 0) is 36.3 Å². The smallest absolute Gasteiger partial charge is 0.137 e. The minimum atomic E-state index is 0.183. The molecule has 3 unspecified atom stereocenters. The van der Waals surface area contributed by atoms with Crippen molar-refractivity contribution in [1.82, 2.24) is 10.4 Å². The Kier molecular flexibility index (Phi) is 3.97. The van der Waals surface area contributed by atoms with Gasteiger partial charge >= 0.3 is 0 Å². The summed E-state index contributed by atoms with van der Waals surface area (Å²) in [7, 11) is 1.66. The molecule has 1 saturated carbocycles. The fourth-order valence-electron chi connectivity index (χ4n) is 2.78. The van der Waals surface area contributed by atoms with Gasteiger partial charge in [0, 0.05) is 6.20 Å². The van der Waals surface area contributed by atoms with Crippen LogP contribution in [0, 0.1) is 11.8 Å². The Morgan fingerprint density at radius 1 is 1.47 bits per heavy atom. The van der Waals surface area contributed by atoms with E-state index in [2.05, 4.69) is 17.3 Å². The summed E-state index contributed by atoms with van der Waals surface area (Å²) in [6.07, 6.45) is 7.34. The largest absolute Gasteiger partial charge is 0.495 e. The molecular formula is C13H21N3O. The molecule has 4 nitrogen and oxygen atoms in total. The summed E-state index contributed by atoms with van der Waals surface area (Å²) >= 11 is 0. The Labute approximate surface area is 103 Å². The molecule has 0 bridgehead atoms. The van der Waals surface area contributed by atoms with Crippen LogP contribution in [0.15, 0.2) is 18.5 Å². The van der Waals surface area contributed by atoms with Crippen molar-refractivity contribution in [3.8, 4) is 5.75 Å². The molecule has 1 heterocycles. The van der Waals surface area contributed by atoms with Crippen molar-refractivity contribution in [3.63, 3.8) is 0 Å². The van der Waals surface area contributed by atoms with Gasteiger partial charge in [0.2, 0.25) is 0 Å².